The molecule has 10 heteroatoms. The number of methoxy groups -OCH3 is 1. The second-order valence-corrected chi connectivity index (χ2v) is 9.22. The molecule has 1 unspecified atom stereocenters. The van der Waals surface area contributed by atoms with E-state index in [9.17, 15) is 18.0 Å². The second-order valence-electron chi connectivity index (χ2n) is 7.57. The van der Waals surface area contributed by atoms with Crippen molar-refractivity contribution in [1.29, 1.82) is 0 Å². The number of benzene rings is 1. The first kappa shape index (κ1) is 23.7. The molecule has 1 aromatic carbocycles. The number of sulfonamides is 1. The lowest BCUT2D eigenvalue weighted by molar-refractivity contribution is -0.143. The van der Waals surface area contributed by atoms with Crippen LogP contribution in [0.4, 0.5) is 0 Å². The normalized spacial score (nSPS) is 16.4. The van der Waals surface area contributed by atoms with Gasteiger partial charge in [0.05, 0.1) is 4.90 Å². The number of aryl methyl sites for hydroxylation is 1. The van der Waals surface area contributed by atoms with Crippen molar-refractivity contribution >= 4 is 27.6 Å². The second kappa shape index (κ2) is 9.66. The van der Waals surface area contributed by atoms with Crippen LogP contribution >= 0.6 is 0 Å². The Balaban J connectivity index is 1.65. The van der Waals surface area contributed by atoms with E-state index in [1.54, 1.807) is 31.4 Å². The fourth-order valence-electron chi connectivity index (χ4n) is 3.61. The molecule has 0 amide bonds. The first-order valence-electron chi connectivity index (χ1n) is 10.2. The molecule has 1 atom stereocenters. The predicted molar refractivity (Wildman–Crippen MR) is 118 cm³/mol. The summed E-state index contributed by atoms with van der Waals surface area (Å²) in [4.78, 5) is 29.3. The minimum Gasteiger partial charge on any atom is -0.456 e. The Labute approximate surface area is 187 Å². The molecule has 1 aliphatic rings. The van der Waals surface area contributed by atoms with Gasteiger partial charge in [-0.25, -0.2) is 13.2 Å². The van der Waals surface area contributed by atoms with Gasteiger partial charge in [0.1, 0.15) is 11.9 Å². The van der Waals surface area contributed by atoms with Gasteiger partial charge >= 0.3 is 5.97 Å². The Bertz CT molecular complexity index is 1170. The number of aromatic nitrogens is 1. The lowest BCUT2D eigenvalue weighted by Crippen LogP contribution is -2.27. The molecule has 32 heavy (non-hydrogen) atoms. The topological polar surface area (TPSA) is 116 Å². The van der Waals surface area contributed by atoms with Crippen molar-refractivity contribution in [2.24, 2.45) is 4.99 Å². The zero-order valence-electron chi connectivity index (χ0n) is 18.5. The van der Waals surface area contributed by atoms with Crippen LogP contribution in [-0.2, 0) is 30.8 Å². The van der Waals surface area contributed by atoms with Gasteiger partial charge < -0.3 is 14.0 Å². The van der Waals surface area contributed by atoms with Crippen LogP contribution in [0.15, 0.2) is 40.2 Å². The van der Waals surface area contributed by atoms with Crippen molar-refractivity contribution in [2.45, 2.75) is 44.7 Å². The monoisotopic (exact) mass is 461 g/mol. The van der Waals surface area contributed by atoms with Crippen LogP contribution in [0.2, 0.25) is 0 Å². The predicted octanol–water partition coefficient (Wildman–Crippen LogP) is 1.99. The molecule has 3 rings (SSSR count). The molecule has 0 spiro atoms. The van der Waals surface area contributed by atoms with Crippen molar-refractivity contribution in [2.75, 3.05) is 20.3 Å². The van der Waals surface area contributed by atoms with Crippen LogP contribution in [0.1, 0.15) is 40.7 Å². The maximum Gasteiger partial charge on any atom is 0.331 e. The fraction of sp³-hybridized carbons (Fsp3) is 0.409. The molecule has 0 saturated heterocycles. The van der Waals surface area contributed by atoms with E-state index in [4.69, 9.17) is 9.47 Å². The number of nitrogens with one attached hydrogen (secondary N) is 1. The summed E-state index contributed by atoms with van der Waals surface area (Å²) in [6, 6.07) is 7.16. The number of hydrogen-bond donors (Lipinski definition) is 1. The number of aliphatic imine (C=N–C) groups is 1. The van der Waals surface area contributed by atoms with E-state index in [1.807, 2.05) is 18.4 Å². The molecule has 0 saturated carbocycles. The molecule has 9 nitrogen and oxygen atoms in total. The largest absolute Gasteiger partial charge is 0.456 e. The van der Waals surface area contributed by atoms with Crippen LogP contribution in [0.25, 0.3) is 0 Å². The van der Waals surface area contributed by atoms with Crippen LogP contribution < -0.4 is 4.72 Å². The number of rotatable bonds is 9. The van der Waals surface area contributed by atoms with Crippen molar-refractivity contribution in [1.82, 2.24) is 9.29 Å². The molecular weight excluding hydrogens is 434 g/mol. The number of ether oxygens (including phenoxy) is 2. The molecule has 0 radical (unpaired) electrons. The molecular formula is C22H27N3O6S. The van der Waals surface area contributed by atoms with Gasteiger partial charge in [0, 0.05) is 42.8 Å². The number of nitrogens with zero attached hydrogens (tertiary/aromatic N) is 2. The van der Waals surface area contributed by atoms with Crippen molar-refractivity contribution in [3.8, 4) is 0 Å². The van der Waals surface area contributed by atoms with E-state index in [2.05, 4.69) is 9.71 Å². The highest BCUT2D eigenvalue weighted by Gasteiger charge is 2.31. The quantitative estimate of drug-likeness (QED) is 0.347. The summed E-state index contributed by atoms with van der Waals surface area (Å²) in [6.07, 6.45) is 0.820. The standard InChI is InChI=1S/C22H27N3O6S/c1-14-12-18(16(3)25(14)10-7-11-30-4)19(26)13-31-22(27)15(2)23-21-17-8-5-6-9-20(17)32(28,29)24-21/h5-6,8-9,12,15H,7,10-11,13H2,1-4H3,(H,23,24). The van der Waals surface area contributed by atoms with E-state index in [-0.39, 0.29) is 16.5 Å². The van der Waals surface area contributed by atoms with E-state index in [0.29, 0.717) is 17.7 Å². The third-order valence-electron chi connectivity index (χ3n) is 5.28. The fourth-order valence-corrected chi connectivity index (χ4v) is 4.84. The van der Waals surface area contributed by atoms with Crippen LogP contribution in [0, 0.1) is 13.8 Å². The molecule has 0 aliphatic carbocycles. The van der Waals surface area contributed by atoms with Gasteiger partial charge in [0.25, 0.3) is 10.0 Å². The smallest absolute Gasteiger partial charge is 0.331 e. The van der Waals surface area contributed by atoms with Crippen molar-refractivity contribution in [3.05, 3.63) is 52.8 Å². The molecule has 1 aromatic heterocycles. The SMILES string of the molecule is COCCCn1c(C)cc(C(=O)COC(=O)C(C)N=C2NS(=O)(=O)c3ccccc32)c1C. The van der Waals surface area contributed by atoms with E-state index >= 15 is 0 Å². The Morgan fingerprint density at radius 1 is 1.22 bits per heavy atom. The van der Waals surface area contributed by atoms with Gasteiger partial charge in [0.15, 0.2) is 6.61 Å². The number of esters is 1. The maximum atomic E-state index is 12.6. The number of hydrogen-bond acceptors (Lipinski definition) is 7. The minimum absolute atomic E-state index is 0.0796. The zero-order chi connectivity index (χ0) is 23.5. The minimum atomic E-state index is -3.70. The molecule has 2 aromatic rings. The van der Waals surface area contributed by atoms with Gasteiger partial charge in [-0.1, -0.05) is 12.1 Å². The Kier molecular flexibility index (Phi) is 7.15. The Hall–Kier alpha value is -2.98. The van der Waals surface area contributed by atoms with E-state index in [0.717, 1.165) is 24.4 Å². The highest BCUT2D eigenvalue weighted by atomic mass is 32.2. The number of Topliss-reactive ketones (excluding diaryl/α,β-unsaturated/α-hetero) is 1. The number of fused-ring (bicyclic) bond motifs is 1. The van der Waals surface area contributed by atoms with Crippen LogP contribution in [0.3, 0.4) is 0 Å². The highest BCUT2D eigenvalue weighted by Crippen LogP contribution is 2.22. The molecule has 172 valence electrons. The molecule has 0 fully saturated rings. The summed E-state index contributed by atoms with van der Waals surface area (Å²) < 4.78 is 39.0. The van der Waals surface area contributed by atoms with Gasteiger partial charge in [-0.3, -0.25) is 14.5 Å². The average Bonchev–Trinajstić information content (AvgIpc) is 3.19. The molecule has 2 heterocycles. The highest BCUT2D eigenvalue weighted by molar-refractivity contribution is 7.90. The summed E-state index contributed by atoms with van der Waals surface area (Å²) in [5.41, 5.74) is 2.65. The summed E-state index contributed by atoms with van der Waals surface area (Å²) in [6.45, 7) is 6.19. The first-order chi connectivity index (χ1) is 15.2. The van der Waals surface area contributed by atoms with Crippen molar-refractivity contribution < 1.29 is 27.5 Å². The number of carbonyl (C=O) groups is 2. The van der Waals surface area contributed by atoms with Gasteiger partial charge in [0.2, 0.25) is 5.78 Å². The average molecular weight is 462 g/mol. The zero-order valence-corrected chi connectivity index (χ0v) is 19.4. The molecule has 1 aliphatic heterocycles. The summed E-state index contributed by atoms with van der Waals surface area (Å²) in [5.74, 6) is -0.949. The van der Waals surface area contributed by atoms with E-state index < -0.39 is 28.6 Å². The Morgan fingerprint density at radius 3 is 2.66 bits per heavy atom. The third kappa shape index (κ3) is 4.91. The number of amidine groups is 1. The van der Waals surface area contributed by atoms with E-state index in [1.165, 1.54) is 13.0 Å². The summed E-state index contributed by atoms with van der Waals surface area (Å²) >= 11 is 0. The van der Waals surface area contributed by atoms with Gasteiger partial charge in [-0.15, -0.1) is 0 Å². The lowest BCUT2D eigenvalue weighted by atomic mass is 10.1. The van der Waals surface area contributed by atoms with Crippen LogP contribution in [0.5, 0.6) is 0 Å². The van der Waals surface area contributed by atoms with Gasteiger partial charge in [-0.05, 0) is 45.4 Å². The lowest BCUT2D eigenvalue weighted by Gasteiger charge is -2.10. The van der Waals surface area contributed by atoms with Crippen LogP contribution in [-0.4, -0.2) is 56.9 Å². The summed E-state index contributed by atoms with van der Waals surface area (Å²) in [7, 11) is -2.06. The van der Waals surface area contributed by atoms with Gasteiger partial charge in [-0.2, -0.15) is 0 Å². The van der Waals surface area contributed by atoms with Crippen molar-refractivity contribution in [3.63, 3.8) is 0 Å². The maximum absolute atomic E-state index is 12.6. The molecule has 0 bridgehead atoms. The summed E-state index contributed by atoms with van der Waals surface area (Å²) in [5, 5.41) is 0. The number of carbonyl (C=O) groups excluding carboxylic acids is 2. The number of ketones is 1. The third-order valence-corrected chi connectivity index (χ3v) is 6.67. The first-order valence-corrected chi connectivity index (χ1v) is 11.7. The molecule has 1 N–H and O–H groups in total. The Morgan fingerprint density at radius 2 is 1.94 bits per heavy atom.